The van der Waals surface area contributed by atoms with Crippen molar-refractivity contribution >= 4 is 10.0 Å². The maximum atomic E-state index is 13.8. The average Bonchev–Trinajstić information content (AvgIpc) is 3.25. The molecular formula is C21H22FN3O5S. The molecule has 31 heavy (non-hydrogen) atoms. The van der Waals surface area contributed by atoms with Gasteiger partial charge in [-0.3, -0.25) is 0 Å². The lowest BCUT2D eigenvalue weighted by Crippen LogP contribution is -2.44. The van der Waals surface area contributed by atoms with Crippen LogP contribution in [0.25, 0.3) is 0 Å². The number of rotatable bonds is 8. The summed E-state index contributed by atoms with van der Waals surface area (Å²) in [5, 5.41) is 3.88. The van der Waals surface area contributed by atoms with Crippen LogP contribution in [0.5, 0.6) is 5.75 Å². The first-order chi connectivity index (χ1) is 15.0. The van der Waals surface area contributed by atoms with Crippen LogP contribution in [0.15, 0.2) is 59.1 Å². The Hall–Kier alpha value is -2.82. The van der Waals surface area contributed by atoms with Gasteiger partial charge in [-0.25, -0.2) is 12.8 Å². The SMILES string of the molecule is O=S(=O)(CCOc1ccccc1)N1CCOC(c2nc(Cc3ccccc3F)no2)C1. The summed E-state index contributed by atoms with van der Waals surface area (Å²) >= 11 is 0. The topological polar surface area (TPSA) is 94.8 Å². The predicted octanol–water partition coefficient (Wildman–Crippen LogP) is 2.58. The second kappa shape index (κ2) is 9.54. The minimum absolute atomic E-state index is 0.0434. The van der Waals surface area contributed by atoms with E-state index in [1.54, 1.807) is 30.3 Å². The molecule has 1 unspecified atom stereocenters. The first kappa shape index (κ1) is 21.4. The Morgan fingerprint density at radius 2 is 1.90 bits per heavy atom. The lowest BCUT2D eigenvalue weighted by molar-refractivity contribution is -0.0200. The molecule has 8 nitrogen and oxygen atoms in total. The largest absolute Gasteiger partial charge is 0.492 e. The zero-order valence-electron chi connectivity index (χ0n) is 16.7. The number of benzene rings is 2. The fourth-order valence-corrected chi connectivity index (χ4v) is 4.49. The number of halogens is 1. The zero-order valence-corrected chi connectivity index (χ0v) is 17.5. The van der Waals surface area contributed by atoms with Gasteiger partial charge in [-0.05, 0) is 23.8 Å². The highest BCUT2D eigenvalue weighted by molar-refractivity contribution is 7.89. The van der Waals surface area contributed by atoms with Crippen molar-refractivity contribution in [3.63, 3.8) is 0 Å². The zero-order chi connectivity index (χ0) is 21.7. The van der Waals surface area contributed by atoms with Gasteiger partial charge < -0.3 is 14.0 Å². The molecule has 1 fully saturated rings. The van der Waals surface area contributed by atoms with Crippen molar-refractivity contribution in [2.24, 2.45) is 0 Å². The minimum Gasteiger partial charge on any atom is -0.492 e. The van der Waals surface area contributed by atoms with Crippen molar-refractivity contribution in [1.82, 2.24) is 14.4 Å². The highest BCUT2D eigenvalue weighted by Crippen LogP contribution is 2.23. The number of ether oxygens (including phenoxy) is 2. The van der Waals surface area contributed by atoms with Crippen molar-refractivity contribution < 1.29 is 26.8 Å². The number of hydrogen-bond donors (Lipinski definition) is 0. The van der Waals surface area contributed by atoms with Gasteiger partial charge in [0.25, 0.3) is 5.89 Å². The van der Waals surface area contributed by atoms with Gasteiger partial charge in [-0.1, -0.05) is 41.6 Å². The Bertz CT molecular complexity index is 1110. The number of morpholine rings is 1. The van der Waals surface area contributed by atoms with Gasteiger partial charge in [0.15, 0.2) is 11.9 Å². The lowest BCUT2D eigenvalue weighted by Gasteiger charge is -2.30. The highest BCUT2D eigenvalue weighted by Gasteiger charge is 2.33. The number of hydrogen-bond acceptors (Lipinski definition) is 7. The van der Waals surface area contributed by atoms with Gasteiger partial charge >= 0.3 is 0 Å². The van der Waals surface area contributed by atoms with E-state index in [0.717, 1.165) is 0 Å². The number of para-hydroxylation sites is 1. The molecule has 1 aliphatic rings. The molecule has 1 atom stereocenters. The lowest BCUT2D eigenvalue weighted by atomic mass is 10.1. The maximum absolute atomic E-state index is 13.8. The molecule has 0 spiro atoms. The third-order valence-electron chi connectivity index (χ3n) is 4.84. The van der Waals surface area contributed by atoms with E-state index in [9.17, 15) is 12.8 Å². The van der Waals surface area contributed by atoms with Crippen molar-refractivity contribution in [3.05, 3.63) is 77.7 Å². The van der Waals surface area contributed by atoms with E-state index in [4.69, 9.17) is 14.0 Å². The van der Waals surface area contributed by atoms with Crippen LogP contribution in [0.3, 0.4) is 0 Å². The molecule has 164 valence electrons. The van der Waals surface area contributed by atoms with E-state index in [0.29, 0.717) is 17.1 Å². The summed E-state index contributed by atoms with van der Waals surface area (Å²) in [6.45, 7) is 0.547. The van der Waals surface area contributed by atoms with Crippen molar-refractivity contribution in [2.45, 2.75) is 12.5 Å². The molecule has 4 rings (SSSR count). The van der Waals surface area contributed by atoms with E-state index in [-0.39, 0.29) is 50.2 Å². The molecule has 0 amide bonds. The molecule has 1 saturated heterocycles. The van der Waals surface area contributed by atoms with E-state index in [1.807, 2.05) is 18.2 Å². The van der Waals surface area contributed by atoms with E-state index in [1.165, 1.54) is 10.4 Å². The molecule has 0 saturated carbocycles. The second-order valence-corrected chi connectivity index (χ2v) is 9.10. The number of sulfonamides is 1. The summed E-state index contributed by atoms with van der Waals surface area (Å²) in [7, 11) is -3.55. The Kier molecular flexibility index (Phi) is 6.59. The smallest absolute Gasteiger partial charge is 0.257 e. The summed E-state index contributed by atoms with van der Waals surface area (Å²) in [4.78, 5) is 4.27. The molecule has 0 bridgehead atoms. The first-order valence-corrected chi connectivity index (χ1v) is 11.5. The molecule has 2 heterocycles. The molecule has 0 N–H and O–H groups in total. The van der Waals surface area contributed by atoms with Crippen molar-refractivity contribution in [1.29, 1.82) is 0 Å². The van der Waals surface area contributed by atoms with E-state index in [2.05, 4.69) is 10.1 Å². The average molecular weight is 447 g/mol. The van der Waals surface area contributed by atoms with E-state index >= 15 is 0 Å². The molecule has 1 aliphatic heterocycles. The normalized spacial score (nSPS) is 17.5. The van der Waals surface area contributed by atoms with Crippen LogP contribution in [0.1, 0.15) is 23.4 Å². The van der Waals surface area contributed by atoms with Crippen LogP contribution >= 0.6 is 0 Å². The maximum Gasteiger partial charge on any atom is 0.257 e. The van der Waals surface area contributed by atoms with Crippen LogP contribution in [-0.4, -0.2) is 54.9 Å². The van der Waals surface area contributed by atoms with Gasteiger partial charge in [-0.2, -0.15) is 9.29 Å². The van der Waals surface area contributed by atoms with Gasteiger partial charge in [0.2, 0.25) is 10.0 Å². The summed E-state index contributed by atoms with van der Waals surface area (Å²) in [6.07, 6.45) is -0.512. The Balaban J connectivity index is 1.36. The quantitative estimate of drug-likeness (QED) is 0.524. The summed E-state index contributed by atoms with van der Waals surface area (Å²) in [6, 6.07) is 15.4. The fourth-order valence-electron chi connectivity index (χ4n) is 3.22. The summed E-state index contributed by atoms with van der Waals surface area (Å²) in [5.41, 5.74) is 0.446. The Labute approximate surface area is 179 Å². The number of aromatic nitrogens is 2. The van der Waals surface area contributed by atoms with Crippen LogP contribution in [0.4, 0.5) is 4.39 Å². The van der Waals surface area contributed by atoms with Crippen LogP contribution in [0, 0.1) is 5.82 Å². The summed E-state index contributed by atoms with van der Waals surface area (Å²) < 4.78 is 57.0. The molecule has 0 radical (unpaired) electrons. The highest BCUT2D eigenvalue weighted by atomic mass is 32.2. The predicted molar refractivity (Wildman–Crippen MR) is 109 cm³/mol. The van der Waals surface area contributed by atoms with Gasteiger partial charge in [0, 0.05) is 19.5 Å². The third-order valence-corrected chi connectivity index (χ3v) is 6.64. The van der Waals surface area contributed by atoms with Crippen LogP contribution in [0.2, 0.25) is 0 Å². The Morgan fingerprint density at radius 3 is 2.71 bits per heavy atom. The van der Waals surface area contributed by atoms with Gasteiger partial charge in [0.1, 0.15) is 18.2 Å². The molecule has 0 aliphatic carbocycles. The van der Waals surface area contributed by atoms with Crippen LogP contribution in [-0.2, 0) is 21.2 Å². The monoisotopic (exact) mass is 447 g/mol. The van der Waals surface area contributed by atoms with Gasteiger partial charge in [0.05, 0.1) is 12.4 Å². The molecule has 10 heteroatoms. The molecular weight excluding hydrogens is 425 g/mol. The molecule has 2 aromatic carbocycles. The van der Waals surface area contributed by atoms with Crippen molar-refractivity contribution in [2.75, 3.05) is 32.1 Å². The van der Waals surface area contributed by atoms with Gasteiger partial charge in [-0.15, -0.1) is 0 Å². The number of nitrogens with zero attached hydrogens (tertiary/aromatic N) is 3. The van der Waals surface area contributed by atoms with Crippen LogP contribution < -0.4 is 4.74 Å². The molecule has 1 aromatic heterocycles. The van der Waals surface area contributed by atoms with Crippen molar-refractivity contribution in [3.8, 4) is 5.75 Å². The first-order valence-electron chi connectivity index (χ1n) is 9.84. The van der Waals surface area contributed by atoms with E-state index < -0.39 is 16.1 Å². The minimum atomic E-state index is -3.55. The Morgan fingerprint density at radius 1 is 1.13 bits per heavy atom. The second-order valence-electron chi connectivity index (χ2n) is 7.01. The third kappa shape index (κ3) is 5.46. The standard InChI is InChI=1S/C21H22FN3O5S/c22-18-9-5-4-6-16(18)14-20-23-21(30-24-20)19-15-25(10-11-29-19)31(26,27)13-12-28-17-7-2-1-3-8-17/h1-9,19H,10-15H2. The summed E-state index contributed by atoms with van der Waals surface area (Å²) in [5.74, 6) is 0.590. The molecule has 3 aromatic rings. The fraction of sp³-hybridized carbons (Fsp3) is 0.333.